The zero-order valence-electron chi connectivity index (χ0n) is 35.7. The molecular formula is C41H52F3NO17. The number of carbonyl (C=O) groups is 6. The molecule has 1 aliphatic heterocycles. The minimum absolute atomic E-state index is 0.142. The number of hydrogen-bond acceptors (Lipinski definition) is 17. The minimum Gasteiger partial charge on any atom is -0.497 e. The zero-order valence-corrected chi connectivity index (χ0v) is 35.7. The van der Waals surface area contributed by atoms with E-state index >= 15 is 4.79 Å². The minimum atomic E-state index is -5.47. The summed E-state index contributed by atoms with van der Waals surface area (Å²) in [5, 5.41) is 37.8. The lowest BCUT2D eigenvalue weighted by molar-refractivity contribution is -0.346. The fourth-order valence-corrected chi connectivity index (χ4v) is 9.29. The van der Waals surface area contributed by atoms with Crippen molar-refractivity contribution in [2.45, 2.75) is 134 Å². The highest BCUT2D eigenvalue weighted by Gasteiger charge is 2.78. The second-order valence-electron chi connectivity index (χ2n) is 17.6. The Morgan fingerprint density at radius 1 is 1.02 bits per heavy atom. The van der Waals surface area contributed by atoms with Gasteiger partial charge in [0.1, 0.15) is 35.3 Å². The van der Waals surface area contributed by atoms with Crippen LogP contribution in [0.15, 0.2) is 35.4 Å². The first-order chi connectivity index (χ1) is 28.5. The lowest BCUT2D eigenvalue weighted by Gasteiger charge is -2.67. The van der Waals surface area contributed by atoms with Crippen LogP contribution in [0.25, 0.3) is 0 Å². The van der Waals surface area contributed by atoms with E-state index in [0.717, 1.165) is 14.0 Å². The van der Waals surface area contributed by atoms with Gasteiger partial charge in [0, 0.05) is 25.2 Å². The van der Waals surface area contributed by atoms with Gasteiger partial charge >= 0.3 is 36.3 Å². The van der Waals surface area contributed by atoms with Gasteiger partial charge in [0.25, 0.3) is 0 Å². The summed E-state index contributed by atoms with van der Waals surface area (Å²) in [5.41, 5.74) is -10.7. The largest absolute Gasteiger partial charge is 0.509 e. The van der Waals surface area contributed by atoms with Crippen LogP contribution in [0.3, 0.4) is 0 Å². The molecule has 4 N–H and O–H groups in total. The van der Waals surface area contributed by atoms with Crippen LogP contribution in [0.5, 0.6) is 5.75 Å². The molecule has 2 saturated carbocycles. The van der Waals surface area contributed by atoms with Crippen LogP contribution in [-0.4, -0.2) is 138 Å². The van der Waals surface area contributed by atoms with Crippen molar-refractivity contribution in [1.82, 2.24) is 5.32 Å². The Labute approximate surface area is 354 Å². The van der Waals surface area contributed by atoms with E-state index in [1.165, 1.54) is 85.2 Å². The SMILES string of the molecule is COC(=O)O[C@H]1C(=O)[C@@]2(C)[C@H]([C@H](OC(=O)c3cccc(OC)c3)[C@]3(O)C[C@H](OC(=O)[C@H](O)[C@@H](NC(=O)OC(C)(C)C)C(F)(F)F)C(C)=C1C3(C)C)[C@]1(OC(C)=O)CO[C@@H]1C[C@@H]2O. The van der Waals surface area contributed by atoms with Crippen molar-refractivity contribution < 1.29 is 95.2 Å². The molecule has 344 valence electrons. The number of aliphatic hydroxyl groups is 3. The maximum atomic E-state index is 15.4. The van der Waals surface area contributed by atoms with Crippen LogP contribution < -0.4 is 10.1 Å². The summed E-state index contributed by atoms with van der Waals surface area (Å²) in [4.78, 5) is 81.8. The number of benzene rings is 1. The van der Waals surface area contributed by atoms with Gasteiger partial charge in [0.15, 0.2) is 29.6 Å². The number of esters is 3. The van der Waals surface area contributed by atoms with E-state index < -0.39 is 131 Å². The quantitative estimate of drug-likeness (QED) is 0.158. The van der Waals surface area contributed by atoms with Crippen LogP contribution in [-0.2, 0) is 47.5 Å². The summed E-state index contributed by atoms with van der Waals surface area (Å²) in [6, 6.07) is 2.31. The second-order valence-corrected chi connectivity index (χ2v) is 17.6. The van der Waals surface area contributed by atoms with E-state index in [2.05, 4.69) is 0 Å². The van der Waals surface area contributed by atoms with Crippen LogP contribution in [0.2, 0.25) is 0 Å². The normalized spacial score (nSPS) is 32.4. The number of hydrogen-bond donors (Lipinski definition) is 4. The number of alkyl halides is 3. The molecular weight excluding hydrogens is 835 g/mol. The summed E-state index contributed by atoms with van der Waals surface area (Å²) in [5.74, 6) is -6.67. The predicted molar refractivity (Wildman–Crippen MR) is 202 cm³/mol. The average molecular weight is 888 g/mol. The second kappa shape index (κ2) is 16.6. The molecule has 2 bridgehead atoms. The molecule has 0 unspecified atom stereocenters. The van der Waals surface area contributed by atoms with Crippen LogP contribution in [0.4, 0.5) is 22.8 Å². The third-order valence-electron chi connectivity index (χ3n) is 12.4. The third-order valence-corrected chi connectivity index (χ3v) is 12.4. The number of alkyl carbamates (subject to hydrolysis) is 1. The lowest BCUT2D eigenvalue weighted by Crippen LogP contribution is -2.82. The first-order valence-corrected chi connectivity index (χ1v) is 19.5. The molecule has 3 aliphatic carbocycles. The summed E-state index contributed by atoms with van der Waals surface area (Å²) in [6.45, 7) is 9.91. The van der Waals surface area contributed by atoms with Crippen molar-refractivity contribution in [1.29, 1.82) is 0 Å². The Morgan fingerprint density at radius 2 is 1.66 bits per heavy atom. The molecule has 18 nitrogen and oxygen atoms in total. The Balaban J connectivity index is 1.76. The van der Waals surface area contributed by atoms with Gasteiger partial charge in [0.05, 0.1) is 43.8 Å². The highest BCUT2D eigenvalue weighted by atomic mass is 19.4. The maximum Gasteiger partial charge on any atom is 0.509 e. The fourth-order valence-electron chi connectivity index (χ4n) is 9.29. The molecule has 3 fully saturated rings. The Kier molecular flexibility index (Phi) is 12.9. The van der Waals surface area contributed by atoms with Crippen molar-refractivity contribution in [3.05, 3.63) is 41.0 Å². The van der Waals surface area contributed by atoms with Crippen LogP contribution >= 0.6 is 0 Å². The van der Waals surface area contributed by atoms with Gasteiger partial charge in [-0.25, -0.2) is 19.2 Å². The molecule has 1 aromatic carbocycles. The van der Waals surface area contributed by atoms with Gasteiger partial charge < -0.3 is 58.5 Å². The van der Waals surface area contributed by atoms with Gasteiger partial charge in [-0.15, -0.1) is 0 Å². The molecule has 1 saturated heterocycles. The van der Waals surface area contributed by atoms with E-state index in [9.17, 15) is 52.5 Å². The zero-order chi connectivity index (χ0) is 46.7. The van der Waals surface area contributed by atoms with E-state index in [-0.39, 0.29) is 28.9 Å². The Hall–Kier alpha value is -4.99. The van der Waals surface area contributed by atoms with Gasteiger partial charge in [-0.1, -0.05) is 19.9 Å². The Morgan fingerprint density at radius 3 is 2.19 bits per heavy atom. The molecule has 0 aromatic heterocycles. The molecule has 1 amide bonds. The molecule has 5 rings (SSSR count). The highest BCUT2D eigenvalue weighted by molar-refractivity contribution is 5.95. The van der Waals surface area contributed by atoms with Gasteiger partial charge in [-0.3, -0.25) is 9.59 Å². The van der Waals surface area contributed by atoms with E-state index in [4.69, 9.17) is 37.9 Å². The standard InChI is InChI=1S/C41H52F3NO17/c1-18-22(58-33(51)26(48)29(41(42,43)44)45-34(52)62-36(3,4)5)16-40(54)31(60-32(50)20-12-11-13-21(14-20)55-9)28-38(8,23(47)15-24-39(28,17-57-24)61-19(2)46)30(49)27(59-35(53)56-10)25(18)37(40,6)7/h11-14,22-24,26-29,31,47-48,54H,15-17H2,1-10H3,(H,45,52)/t22-,23-,24+,26+,27+,28-,29+,31-,38+,39-,40+/m0/s1. The highest BCUT2D eigenvalue weighted by Crippen LogP contribution is 2.64. The number of amides is 1. The number of Topliss-reactive ketones (excluding diaryl/α,β-unsaturated/α-hetero) is 1. The molecule has 1 heterocycles. The summed E-state index contributed by atoms with van der Waals surface area (Å²) in [6.07, 6.45) is -21.9. The van der Waals surface area contributed by atoms with Crippen LogP contribution in [0.1, 0.15) is 78.6 Å². The average Bonchev–Trinajstić information content (AvgIpc) is 3.16. The number of fused-ring (bicyclic) bond motifs is 5. The smallest absolute Gasteiger partial charge is 0.497 e. The number of ether oxygens (including phenoxy) is 8. The first kappa shape index (κ1) is 48.0. The lowest BCUT2D eigenvalue weighted by atomic mass is 9.44. The van der Waals surface area contributed by atoms with Crippen molar-refractivity contribution >= 4 is 35.9 Å². The molecule has 21 heteroatoms. The Bertz CT molecular complexity index is 2010. The molecule has 62 heavy (non-hydrogen) atoms. The van der Waals surface area contributed by atoms with Gasteiger partial charge in [0.2, 0.25) is 0 Å². The predicted octanol–water partition coefficient (Wildman–Crippen LogP) is 3.25. The van der Waals surface area contributed by atoms with E-state index in [1.807, 2.05) is 0 Å². The fraction of sp³-hybridized carbons (Fsp3) is 0.659. The maximum absolute atomic E-state index is 15.4. The molecule has 0 radical (unpaired) electrons. The molecule has 0 spiro atoms. The summed E-state index contributed by atoms with van der Waals surface area (Å²) in [7, 11) is 2.26. The van der Waals surface area contributed by atoms with Crippen molar-refractivity contribution in [2.24, 2.45) is 16.7 Å². The number of methoxy groups -OCH3 is 2. The van der Waals surface area contributed by atoms with Gasteiger partial charge in [-0.2, -0.15) is 13.2 Å². The van der Waals surface area contributed by atoms with Crippen LogP contribution in [0, 0.1) is 16.7 Å². The van der Waals surface area contributed by atoms with E-state index in [1.54, 1.807) is 0 Å². The van der Waals surface area contributed by atoms with Crippen molar-refractivity contribution in [3.8, 4) is 5.75 Å². The van der Waals surface area contributed by atoms with E-state index in [0.29, 0.717) is 0 Å². The van der Waals surface area contributed by atoms with Crippen molar-refractivity contribution in [2.75, 3.05) is 20.8 Å². The van der Waals surface area contributed by atoms with Gasteiger partial charge in [-0.05, 0) is 64.0 Å². The molecule has 1 aromatic rings. The third kappa shape index (κ3) is 8.30. The number of halogens is 3. The number of nitrogens with one attached hydrogen (secondary N) is 1. The van der Waals surface area contributed by atoms with Crippen molar-refractivity contribution in [3.63, 3.8) is 0 Å². The molecule has 11 atom stereocenters. The topological polar surface area (TPSA) is 249 Å². The number of aliphatic hydroxyl groups excluding tert-OH is 2. The number of ketones is 1. The first-order valence-electron chi connectivity index (χ1n) is 19.5. The summed E-state index contributed by atoms with van der Waals surface area (Å²) >= 11 is 0. The summed E-state index contributed by atoms with van der Waals surface area (Å²) < 4.78 is 87.1. The number of carbonyl (C=O) groups excluding carboxylic acids is 6. The number of rotatable bonds is 9. The molecule has 4 aliphatic rings. The monoisotopic (exact) mass is 887 g/mol.